The number of rotatable bonds is 3. The number of anilines is 1. The second kappa shape index (κ2) is 5.74. The molecule has 0 atom stereocenters. The minimum Gasteiger partial charge on any atom is -0.444 e. The van der Waals surface area contributed by atoms with E-state index in [0.717, 1.165) is 12.1 Å². The zero-order chi connectivity index (χ0) is 14.7. The van der Waals surface area contributed by atoms with Gasteiger partial charge in [-0.3, -0.25) is 4.79 Å². The summed E-state index contributed by atoms with van der Waals surface area (Å²) in [5.41, 5.74) is 5.69. The molecule has 2 rings (SSSR count). The molecule has 0 saturated heterocycles. The molecule has 0 radical (unpaired) electrons. The Labute approximate surface area is 121 Å². The van der Waals surface area contributed by atoms with E-state index in [0.29, 0.717) is 4.67 Å². The summed E-state index contributed by atoms with van der Waals surface area (Å²) in [4.78, 5) is 11.9. The van der Waals surface area contributed by atoms with Crippen molar-refractivity contribution >= 4 is 33.4 Å². The SMILES string of the molecule is N/C(=N/O)c1cc(F)ccc1NC(=O)c1ccc(Br)o1. The van der Waals surface area contributed by atoms with E-state index in [1.165, 1.54) is 12.1 Å². The van der Waals surface area contributed by atoms with Gasteiger partial charge in [-0.25, -0.2) is 4.39 Å². The molecule has 0 bridgehead atoms. The monoisotopic (exact) mass is 341 g/mol. The van der Waals surface area contributed by atoms with E-state index in [9.17, 15) is 9.18 Å². The van der Waals surface area contributed by atoms with Crippen LogP contribution in [0.15, 0.2) is 44.6 Å². The van der Waals surface area contributed by atoms with Gasteiger partial charge in [-0.2, -0.15) is 0 Å². The van der Waals surface area contributed by atoms with E-state index in [1.807, 2.05) is 0 Å². The molecule has 0 aliphatic rings. The van der Waals surface area contributed by atoms with Gasteiger partial charge in [0.25, 0.3) is 5.91 Å². The molecule has 0 spiro atoms. The van der Waals surface area contributed by atoms with Gasteiger partial charge in [0.05, 0.1) is 5.69 Å². The lowest BCUT2D eigenvalue weighted by molar-refractivity contribution is 0.0995. The minimum atomic E-state index is -0.578. The highest BCUT2D eigenvalue weighted by Crippen LogP contribution is 2.20. The summed E-state index contributed by atoms with van der Waals surface area (Å²) >= 11 is 3.08. The molecule has 1 aromatic heterocycles. The van der Waals surface area contributed by atoms with Crippen LogP contribution in [0.4, 0.5) is 10.1 Å². The number of nitrogens with zero attached hydrogens (tertiary/aromatic N) is 1. The largest absolute Gasteiger partial charge is 0.444 e. The average molecular weight is 342 g/mol. The van der Waals surface area contributed by atoms with Crippen LogP contribution in [0.2, 0.25) is 0 Å². The maximum atomic E-state index is 13.2. The summed E-state index contributed by atoms with van der Waals surface area (Å²) in [7, 11) is 0. The van der Waals surface area contributed by atoms with E-state index in [4.69, 9.17) is 15.4 Å². The zero-order valence-corrected chi connectivity index (χ0v) is 11.5. The number of amides is 1. The van der Waals surface area contributed by atoms with Crippen molar-refractivity contribution in [3.63, 3.8) is 0 Å². The molecule has 0 aliphatic carbocycles. The molecule has 2 aromatic rings. The van der Waals surface area contributed by atoms with Gasteiger partial charge >= 0.3 is 0 Å². The summed E-state index contributed by atoms with van der Waals surface area (Å²) in [6.45, 7) is 0. The fourth-order valence-electron chi connectivity index (χ4n) is 1.51. The quantitative estimate of drug-likeness (QED) is 0.345. The van der Waals surface area contributed by atoms with Crippen LogP contribution in [-0.2, 0) is 0 Å². The lowest BCUT2D eigenvalue weighted by Gasteiger charge is -2.09. The molecule has 1 aromatic carbocycles. The van der Waals surface area contributed by atoms with Crippen LogP contribution in [0, 0.1) is 5.82 Å². The van der Waals surface area contributed by atoms with Crippen LogP contribution in [0.5, 0.6) is 0 Å². The molecule has 104 valence electrons. The standard InChI is InChI=1S/C12H9BrFN3O3/c13-10-4-3-9(20-10)12(18)16-8-2-1-6(14)5-7(8)11(15)17-19/h1-5,19H,(H2,15,17)(H,16,18). The number of nitrogens with two attached hydrogens (primary N) is 1. The third kappa shape index (κ3) is 2.97. The second-order valence-corrected chi connectivity index (χ2v) is 4.51. The van der Waals surface area contributed by atoms with Crippen molar-refractivity contribution in [2.24, 2.45) is 10.9 Å². The molecule has 0 aliphatic heterocycles. The Morgan fingerprint density at radius 2 is 2.15 bits per heavy atom. The van der Waals surface area contributed by atoms with E-state index < -0.39 is 11.7 Å². The number of nitrogens with one attached hydrogen (secondary N) is 1. The summed E-state index contributed by atoms with van der Waals surface area (Å²) in [6, 6.07) is 6.51. The van der Waals surface area contributed by atoms with Crippen molar-refractivity contribution in [1.82, 2.24) is 0 Å². The number of benzene rings is 1. The highest BCUT2D eigenvalue weighted by atomic mass is 79.9. The first-order chi connectivity index (χ1) is 9.51. The molecule has 0 saturated carbocycles. The van der Waals surface area contributed by atoms with Crippen molar-refractivity contribution in [2.75, 3.05) is 5.32 Å². The summed E-state index contributed by atoms with van der Waals surface area (Å²) in [5, 5.41) is 13.9. The van der Waals surface area contributed by atoms with Crippen molar-refractivity contribution in [1.29, 1.82) is 0 Å². The van der Waals surface area contributed by atoms with Crippen LogP contribution < -0.4 is 11.1 Å². The van der Waals surface area contributed by atoms with Gasteiger partial charge in [-0.1, -0.05) is 5.16 Å². The summed E-state index contributed by atoms with van der Waals surface area (Å²) in [5.74, 6) is -1.38. The third-order valence-corrected chi connectivity index (χ3v) is 2.84. The molecule has 4 N–H and O–H groups in total. The van der Waals surface area contributed by atoms with Crippen molar-refractivity contribution in [2.45, 2.75) is 0 Å². The van der Waals surface area contributed by atoms with Crippen LogP contribution in [0.3, 0.4) is 0 Å². The van der Waals surface area contributed by atoms with Crippen molar-refractivity contribution in [3.8, 4) is 0 Å². The van der Waals surface area contributed by atoms with Gasteiger partial charge in [-0.05, 0) is 46.3 Å². The Bertz CT molecular complexity index is 684. The van der Waals surface area contributed by atoms with Gasteiger partial charge in [0.1, 0.15) is 5.82 Å². The van der Waals surface area contributed by atoms with Gasteiger partial charge in [0.2, 0.25) is 0 Å². The maximum Gasteiger partial charge on any atom is 0.291 e. The highest BCUT2D eigenvalue weighted by molar-refractivity contribution is 9.10. The number of halogens is 2. The molecule has 1 heterocycles. The van der Waals surface area contributed by atoms with Gasteiger partial charge in [0, 0.05) is 5.56 Å². The lowest BCUT2D eigenvalue weighted by atomic mass is 10.1. The first-order valence-corrected chi connectivity index (χ1v) is 6.14. The minimum absolute atomic E-state index is 0.0615. The fourth-order valence-corrected chi connectivity index (χ4v) is 1.82. The average Bonchev–Trinajstić information content (AvgIpc) is 2.86. The summed E-state index contributed by atoms with van der Waals surface area (Å²) in [6.07, 6.45) is 0. The molecule has 8 heteroatoms. The number of amidine groups is 1. The lowest BCUT2D eigenvalue weighted by Crippen LogP contribution is -2.19. The topological polar surface area (TPSA) is 101 Å². The molecular weight excluding hydrogens is 333 g/mol. The number of furan rings is 1. The fraction of sp³-hybridized carbons (Fsp3) is 0. The predicted molar refractivity (Wildman–Crippen MR) is 73.3 cm³/mol. The normalized spacial score (nSPS) is 11.4. The van der Waals surface area contributed by atoms with Gasteiger partial charge in [0.15, 0.2) is 16.3 Å². The van der Waals surface area contributed by atoms with Crippen LogP contribution in [-0.4, -0.2) is 17.0 Å². The van der Waals surface area contributed by atoms with Crippen molar-refractivity contribution < 1.29 is 18.8 Å². The first-order valence-electron chi connectivity index (χ1n) is 5.35. The Morgan fingerprint density at radius 3 is 2.75 bits per heavy atom. The molecule has 1 amide bonds. The summed E-state index contributed by atoms with van der Waals surface area (Å²) < 4.78 is 18.7. The highest BCUT2D eigenvalue weighted by Gasteiger charge is 2.15. The second-order valence-electron chi connectivity index (χ2n) is 3.73. The van der Waals surface area contributed by atoms with Gasteiger partial charge in [-0.15, -0.1) is 0 Å². The number of oxime groups is 1. The van der Waals surface area contributed by atoms with Crippen LogP contribution in [0.25, 0.3) is 0 Å². The number of hydrogen-bond acceptors (Lipinski definition) is 4. The Hall–Kier alpha value is -2.35. The maximum absolute atomic E-state index is 13.2. The van der Waals surface area contributed by atoms with Gasteiger partial charge < -0.3 is 20.7 Å². The van der Waals surface area contributed by atoms with Crippen LogP contribution >= 0.6 is 15.9 Å². The first kappa shape index (κ1) is 14.1. The van der Waals surface area contributed by atoms with Crippen LogP contribution in [0.1, 0.15) is 16.1 Å². The zero-order valence-electron chi connectivity index (χ0n) is 9.93. The number of carbonyl (C=O) groups excluding carboxylic acids is 1. The molecule has 0 fully saturated rings. The Kier molecular flexibility index (Phi) is 4.04. The van der Waals surface area contributed by atoms with Crippen molar-refractivity contribution in [3.05, 3.63) is 52.1 Å². The van der Waals surface area contributed by atoms with E-state index in [2.05, 4.69) is 26.4 Å². The number of hydrogen-bond donors (Lipinski definition) is 3. The smallest absolute Gasteiger partial charge is 0.291 e. The van der Waals surface area contributed by atoms with E-state index in [1.54, 1.807) is 6.07 Å². The third-order valence-electron chi connectivity index (χ3n) is 2.41. The van der Waals surface area contributed by atoms with E-state index in [-0.39, 0.29) is 22.8 Å². The molecule has 6 nitrogen and oxygen atoms in total. The predicted octanol–water partition coefficient (Wildman–Crippen LogP) is 2.53. The number of carbonyl (C=O) groups is 1. The molecule has 0 unspecified atom stereocenters. The Morgan fingerprint density at radius 1 is 1.40 bits per heavy atom. The molecular formula is C12H9BrFN3O3. The Balaban J connectivity index is 2.32. The van der Waals surface area contributed by atoms with E-state index >= 15 is 0 Å². The molecule has 20 heavy (non-hydrogen) atoms.